The first kappa shape index (κ1) is 14.0. The molecule has 0 radical (unpaired) electrons. The molecule has 0 amide bonds. The van der Waals surface area contributed by atoms with Crippen LogP contribution < -0.4 is 0 Å². The molecule has 2 unspecified atom stereocenters. The Hall–Kier alpha value is -1.39. The Morgan fingerprint density at radius 1 is 1.53 bits per heavy atom. The van der Waals surface area contributed by atoms with Gasteiger partial charge in [-0.15, -0.1) is 0 Å². The van der Waals surface area contributed by atoms with Crippen LogP contribution in [-0.2, 0) is 16.1 Å². The molecule has 1 aromatic rings. The van der Waals surface area contributed by atoms with Crippen molar-refractivity contribution in [2.45, 2.75) is 31.8 Å². The third-order valence-electron chi connectivity index (χ3n) is 3.88. The standard InChI is InChI=1S/C15H21NO3/c1-11(7-8-19-2)16-9-12-5-3-4-6-13(12)14(10-16)15(17)18/h3-6,11,14H,7-10H2,1-2H3,(H,17,18). The normalized spacial score (nSPS) is 20.8. The molecule has 1 aliphatic heterocycles. The third kappa shape index (κ3) is 3.14. The van der Waals surface area contributed by atoms with Crippen molar-refractivity contribution in [2.24, 2.45) is 0 Å². The number of methoxy groups -OCH3 is 1. The maximum atomic E-state index is 11.4. The number of rotatable bonds is 5. The lowest BCUT2D eigenvalue weighted by atomic mass is 9.89. The Morgan fingerprint density at radius 3 is 2.95 bits per heavy atom. The van der Waals surface area contributed by atoms with Crippen LogP contribution in [0.15, 0.2) is 24.3 Å². The molecule has 0 bridgehead atoms. The Morgan fingerprint density at radius 2 is 2.26 bits per heavy atom. The van der Waals surface area contributed by atoms with Crippen LogP contribution in [0.3, 0.4) is 0 Å². The Bertz CT molecular complexity index is 447. The summed E-state index contributed by atoms with van der Waals surface area (Å²) in [6.45, 7) is 4.24. The Kier molecular flexibility index (Phi) is 4.56. The number of hydrogen-bond donors (Lipinski definition) is 1. The number of nitrogens with zero attached hydrogens (tertiary/aromatic N) is 1. The zero-order valence-electron chi connectivity index (χ0n) is 11.5. The summed E-state index contributed by atoms with van der Waals surface area (Å²) in [4.78, 5) is 13.7. The zero-order chi connectivity index (χ0) is 13.8. The number of carboxylic acid groups (broad SMARTS) is 1. The summed E-state index contributed by atoms with van der Waals surface area (Å²) in [5.74, 6) is -1.16. The van der Waals surface area contributed by atoms with Gasteiger partial charge in [-0.2, -0.15) is 0 Å². The summed E-state index contributed by atoms with van der Waals surface area (Å²) in [5.41, 5.74) is 2.09. The molecule has 1 heterocycles. The second-order valence-electron chi connectivity index (χ2n) is 5.15. The van der Waals surface area contributed by atoms with Gasteiger partial charge in [-0.1, -0.05) is 24.3 Å². The number of hydrogen-bond acceptors (Lipinski definition) is 3. The van der Waals surface area contributed by atoms with Gasteiger partial charge < -0.3 is 9.84 Å². The van der Waals surface area contributed by atoms with Gasteiger partial charge >= 0.3 is 5.97 Å². The van der Waals surface area contributed by atoms with E-state index in [4.69, 9.17) is 4.74 Å². The quantitative estimate of drug-likeness (QED) is 0.884. The number of aliphatic carboxylic acids is 1. The summed E-state index contributed by atoms with van der Waals surface area (Å²) >= 11 is 0. The van der Waals surface area contributed by atoms with Gasteiger partial charge in [0.05, 0.1) is 5.92 Å². The fourth-order valence-corrected chi connectivity index (χ4v) is 2.65. The highest BCUT2D eigenvalue weighted by atomic mass is 16.5. The second-order valence-corrected chi connectivity index (χ2v) is 5.15. The molecular formula is C15H21NO3. The van der Waals surface area contributed by atoms with Gasteiger partial charge in [-0.05, 0) is 24.5 Å². The molecule has 0 aromatic heterocycles. The van der Waals surface area contributed by atoms with Crippen LogP contribution in [0.5, 0.6) is 0 Å². The summed E-state index contributed by atoms with van der Waals surface area (Å²) in [7, 11) is 1.69. The molecular weight excluding hydrogens is 242 g/mol. The number of fused-ring (bicyclic) bond motifs is 1. The molecule has 2 rings (SSSR count). The van der Waals surface area contributed by atoms with Crippen LogP contribution >= 0.6 is 0 Å². The maximum absolute atomic E-state index is 11.4. The Balaban J connectivity index is 2.18. The fourth-order valence-electron chi connectivity index (χ4n) is 2.65. The van der Waals surface area contributed by atoms with E-state index in [-0.39, 0.29) is 0 Å². The van der Waals surface area contributed by atoms with E-state index >= 15 is 0 Å². The molecule has 1 aliphatic rings. The number of ether oxygens (including phenoxy) is 1. The van der Waals surface area contributed by atoms with Crippen molar-refractivity contribution in [1.82, 2.24) is 4.90 Å². The largest absolute Gasteiger partial charge is 0.481 e. The average Bonchev–Trinajstić information content (AvgIpc) is 2.43. The van der Waals surface area contributed by atoms with Crippen LogP contribution in [0, 0.1) is 0 Å². The first-order chi connectivity index (χ1) is 9.13. The first-order valence-corrected chi connectivity index (χ1v) is 6.67. The van der Waals surface area contributed by atoms with Crippen molar-refractivity contribution < 1.29 is 14.6 Å². The molecule has 4 nitrogen and oxygen atoms in total. The highest BCUT2D eigenvalue weighted by Crippen LogP contribution is 2.30. The molecule has 0 spiro atoms. The minimum Gasteiger partial charge on any atom is -0.481 e. The van der Waals surface area contributed by atoms with E-state index < -0.39 is 11.9 Å². The highest BCUT2D eigenvalue weighted by Gasteiger charge is 2.31. The van der Waals surface area contributed by atoms with Gasteiger partial charge in [0, 0.05) is 32.8 Å². The predicted octanol–water partition coefficient (Wildman–Crippen LogP) is 2.10. The monoisotopic (exact) mass is 263 g/mol. The van der Waals surface area contributed by atoms with E-state index in [2.05, 4.69) is 11.8 Å². The van der Waals surface area contributed by atoms with Crippen LogP contribution in [-0.4, -0.2) is 42.3 Å². The SMILES string of the molecule is COCCC(C)N1Cc2ccccc2C(C(=O)O)C1. The highest BCUT2D eigenvalue weighted by molar-refractivity contribution is 5.77. The van der Waals surface area contributed by atoms with E-state index in [1.807, 2.05) is 24.3 Å². The number of carboxylic acids is 1. The van der Waals surface area contributed by atoms with Gasteiger partial charge in [0.25, 0.3) is 0 Å². The first-order valence-electron chi connectivity index (χ1n) is 6.67. The van der Waals surface area contributed by atoms with Gasteiger partial charge in [0.2, 0.25) is 0 Å². The molecule has 1 N–H and O–H groups in total. The van der Waals surface area contributed by atoms with Crippen LogP contribution in [0.1, 0.15) is 30.4 Å². The summed E-state index contributed by atoms with van der Waals surface area (Å²) in [6.07, 6.45) is 0.922. The van der Waals surface area contributed by atoms with Gasteiger partial charge in [0.15, 0.2) is 0 Å². The third-order valence-corrected chi connectivity index (χ3v) is 3.88. The lowest BCUT2D eigenvalue weighted by Gasteiger charge is -2.36. The lowest BCUT2D eigenvalue weighted by Crippen LogP contribution is -2.42. The lowest BCUT2D eigenvalue weighted by molar-refractivity contribution is -0.139. The molecule has 1 aromatic carbocycles. The topological polar surface area (TPSA) is 49.8 Å². The summed E-state index contributed by atoms with van der Waals surface area (Å²) < 4.78 is 5.10. The molecule has 0 saturated heterocycles. The van der Waals surface area contributed by atoms with Crippen molar-refractivity contribution in [3.05, 3.63) is 35.4 Å². The van der Waals surface area contributed by atoms with Crippen LogP contribution in [0.25, 0.3) is 0 Å². The van der Waals surface area contributed by atoms with E-state index in [1.165, 1.54) is 0 Å². The number of carbonyl (C=O) groups is 1. The molecule has 104 valence electrons. The average molecular weight is 263 g/mol. The minimum atomic E-state index is -0.740. The molecule has 4 heteroatoms. The minimum absolute atomic E-state index is 0.329. The smallest absolute Gasteiger partial charge is 0.312 e. The van der Waals surface area contributed by atoms with Crippen molar-refractivity contribution in [1.29, 1.82) is 0 Å². The van der Waals surface area contributed by atoms with E-state index in [0.29, 0.717) is 19.2 Å². The zero-order valence-corrected chi connectivity index (χ0v) is 11.5. The molecule has 0 aliphatic carbocycles. The summed E-state index contributed by atoms with van der Waals surface area (Å²) in [5, 5.41) is 9.41. The van der Waals surface area contributed by atoms with Gasteiger partial charge in [-0.3, -0.25) is 9.69 Å². The molecule has 0 saturated carbocycles. The van der Waals surface area contributed by atoms with E-state index in [9.17, 15) is 9.90 Å². The van der Waals surface area contributed by atoms with Crippen molar-refractivity contribution >= 4 is 5.97 Å². The molecule has 2 atom stereocenters. The van der Waals surface area contributed by atoms with Gasteiger partial charge in [-0.25, -0.2) is 0 Å². The maximum Gasteiger partial charge on any atom is 0.312 e. The van der Waals surface area contributed by atoms with Crippen molar-refractivity contribution in [3.63, 3.8) is 0 Å². The van der Waals surface area contributed by atoms with Crippen molar-refractivity contribution in [2.75, 3.05) is 20.3 Å². The van der Waals surface area contributed by atoms with Crippen LogP contribution in [0.2, 0.25) is 0 Å². The molecule has 19 heavy (non-hydrogen) atoms. The van der Waals surface area contributed by atoms with Crippen LogP contribution in [0.4, 0.5) is 0 Å². The predicted molar refractivity (Wildman–Crippen MR) is 73.2 cm³/mol. The Labute approximate surface area is 114 Å². The second kappa shape index (κ2) is 6.17. The van der Waals surface area contributed by atoms with Gasteiger partial charge in [0.1, 0.15) is 0 Å². The fraction of sp³-hybridized carbons (Fsp3) is 0.533. The molecule has 0 fully saturated rings. The number of benzene rings is 1. The van der Waals surface area contributed by atoms with Crippen molar-refractivity contribution in [3.8, 4) is 0 Å². The summed E-state index contributed by atoms with van der Waals surface area (Å²) in [6, 6.07) is 8.18. The van der Waals surface area contributed by atoms with E-state index in [1.54, 1.807) is 7.11 Å². The van der Waals surface area contributed by atoms with E-state index in [0.717, 1.165) is 24.1 Å².